The van der Waals surface area contributed by atoms with Gasteiger partial charge < -0.3 is 69.3 Å². The first-order chi connectivity index (χ1) is 34.2. The Bertz CT molecular complexity index is 2360. The second-order valence-electron chi connectivity index (χ2n) is 16.7. The molecule has 8 N–H and O–H groups in total. The largest absolute Gasteiger partial charge is 0.489 e. The summed E-state index contributed by atoms with van der Waals surface area (Å²) in [5, 5.41) is 77.8. The summed E-state index contributed by atoms with van der Waals surface area (Å²) in [5.74, 6) is 3.12. The average molecular weight is 955 g/mol. The van der Waals surface area contributed by atoms with Crippen molar-refractivity contribution in [3.63, 3.8) is 0 Å². The van der Waals surface area contributed by atoms with Crippen molar-refractivity contribution in [2.75, 3.05) is 0 Å². The Morgan fingerprint density at radius 3 is 0.500 bits per heavy atom. The minimum Gasteiger partial charge on any atom is -0.489 e. The van der Waals surface area contributed by atoms with Crippen LogP contribution >= 0.6 is 0 Å². The molecule has 0 amide bonds. The number of aliphatic hydroxyl groups excluding tert-OH is 8. The molecule has 7 aromatic rings. The summed E-state index contributed by atoms with van der Waals surface area (Å²) in [6, 6.07) is 39.8. The van der Waals surface area contributed by atoms with Gasteiger partial charge in [-0.05, 0) is 163 Å². The Kier molecular flexibility index (Phi) is 18.6. The molecule has 0 bridgehead atoms. The summed E-state index contributed by atoms with van der Waals surface area (Å²) in [5.41, 5.74) is 9.88. The molecule has 0 fully saturated rings. The van der Waals surface area contributed by atoms with Crippen LogP contribution in [-0.4, -0.2) is 40.9 Å². The minimum absolute atomic E-state index is 0.158. The summed E-state index contributed by atoms with van der Waals surface area (Å²) in [7, 11) is 0. The van der Waals surface area contributed by atoms with E-state index in [2.05, 4.69) is 0 Å². The maximum atomic E-state index is 9.73. The van der Waals surface area contributed by atoms with Gasteiger partial charge >= 0.3 is 0 Å². The lowest BCUT2D eigenvalue weighted by Gasteiger charge is -2.15. The van der Waals surface area contributed by atoms with Crippen LogP contribution in [0, 0.1) is 0 Å². The van der Waals surface area contributed by atoms with Crippen LogP contribution in [0.15, 0.2) is 133 Å². The monoisotopic (exact) mass is 954 g/mol. The number of hydrogen-bond donors (Lipinski definition) is 8. The summed E-state index contributed by atoms with van der Waals surface area (Å²) in [6.07, 6.45) is 0. The Balaban J connectivity index is 1.04. The minimum atomic E-state index is -0.199. The molecule has 14 heteroatoms. The van der Waals surface area contributed by atoms with Crippen LogP contribution in [-0.2, 0) is 92.5 Å². The van der Waals surface area contributed by atoms with Gasteiger partial charge in [-0.3, -0.25) is 0 Å². The van der Waals surface area contributed by atoms with E-state index in [1.165, 1.54) is 0 Å². The van der Waals surface area contributed by atoms with E-state index in [0.29, 0.717) is 79.0 Å². The Morgan fingerprint density at radius 1 is 0.186 bits per heavy atom. The van der Waals surface area contributed by atoms with Crippen molar-refractivity contribution >= 4 is 0 Å². The summed E-state index contributed by atoms with van der Waals surface area (Å²) in [6.45, 7) is -0.467. The van der Waals surface area contributed by atoms with E-state index in [1.807, 2.05) is 60.7 Å². The van der Waals surface area contributed by atoms with Gasteiger partial charge in [0.15, 0.2) is 0 Å². The third kappa shape index (κ3) is 15.0. The van der Waals surface area contributed by atoms with Gasteiger partial charge in [0.25, 0.3) is 0 Å². The fourth-order valence-electron chi connectivity index (χ4n) is 7.67. The maximum absolute atomic E-state index is 9.73. The normalized spacial score (nSPS) is 11.1. The number of benzene rings is 7. The van der Waals surface area contributed by atoms with Crippen molar-refractivity contribution in [1.82, 2.24) is 0 Å². The van der Waals surface area contributed by atoms with Crippen LogP contribution < -0.4 is 28.4 Å². The van der Waals surface area contributed by atoms with Gasteiger partial charge in [-0.2, -0.15) is 0 Å². The van der Waals surface area contributed by atoms with E-state index in [1.54, 1.807) is 72.8 Å². The molecular weight excluding hydrogens is 897 g/mol. The lowest BCUT2D eigenvalue weighted by Crippen LogP contribution is -2.04. The van der Waals surface area contributed by atoms with Crippen molar-refractivity contribution in [3.8, 4) is 34.5 Å². The van der Waals surface area contributed by atoms with Gasteiger partial charge in [-0.15, -0.1) is 0 Å². The van der Waals surface area contributed by atoms with Gasteiger partial charge in [0.05, 0.1) is 52.9 Å². The van der Waals surface area contributed by atoms with Crippen LogP contribution in [0.25, 0.3) is 0 Å². The molecule has 0 aliphatic heterocycles. The average Bonchev–Trinajstić information content (AvgIpc) is 3.41. The molecule has 0 unspecified atom stereocenters. The maximum Gasteiger partial charge on any atom is 0.120 e. The molecule has 0 radical (unpaired) electrons. The standard InChI is InChI=1S/C56H58O14/c57-23-39-5-40(24-58)12-51(11-39)67-33-47-9-48(34-68-52-13-41(25-59)6-42(14-52)26-60)20-55(19-47)65-31-37-1-2-38(4-3-37)32-66-56-21-49(35-69-53-15-43(27-61)7-44(16-53)28-62)10-50(22-56)36-70-54-17-45(29-63)8-46(18-54)30-64/h1-22,57-64H,23-36H2. The van der Waals surface area contributed by atoms with E-state index in [4.69, 9.17) is 28.4 Å². The summed E-state index contributed by atoms with van der Waals surface area (Å²) < 4.78 is 37.1. The first-order valence-electron chi connectivity index (χ1n) is 22.7. The van der Waals surface area contributed by atoms with Crippen molar-refractivity contribution in [3.05, 3.63) is 211 Å². The lowest BCUT2D eigenvalue weighted by atomic mass is 10.1. The topological polar surface area (TPSA) is 217 Å². The zero-order valence-electron chi connectivity index (χ0n) is 38.6. The van der Waals surface area contributed by atoms with Gasteiger partial charge in [0.2, 0.25) is 0 Å². The fourth-order valence-corrected chi connectivity index (χ4v) is 7.67. The Hall–Kier alpha value is -6.98. The molecular formula is C56H58O14. The highest BCUT2D eigenvalue weighted by Crippen LogP contribution is 2.28. The molecule has 14 nitrogen and oxygen atoms in total. The molecule has 0 aromatic heterocycles. The molecule has 0 atom stereocenters. The fraction of sp³-hybridized carbons (Fsp3) is 0.250. The van der Waals surface area contributed by atoms with Crippen molar-refractivity contribution < 1.29 is 69.3 Å². The summed E-state index contributed by atoms with van der Waals surface area (Å²) >= 11 is 0. The number of aliphatic hydroxyl groups is 8. The van der Waals surface area contributed by atoms with Gasteiger partial charge in [0.1, 0.15) is 74.1 Å². The first-order valence-corrected chi connectivity index (χ1v) is 22.7. The van der Waals surface area contributed by atoms with Crippen molar-refractivity contribution in [2.45, 2.75) is 92.5 Å². The van der Waals surface area contributed by atoms with Crippen LogP contribution in [0.1, 0.15) is 77.9 Å². The highest BCUT2D eigenvalue weighted by molar-refractivity contribution is 5.41. The van der Waals surface area contributed by atoms with E-state index in [0.717, 1.165) is 33.4 Å². The molecule has 0 saturated carbocycles. The van der Waals surface area contributed by atoms with Crippen molar-refractivity contribution in [1.29, 1.82) is 0 Å². The van der Waals surface area contributed by atoms with E-state index >= 15 is 0 Å². The second kappa shape index (κ2) is 25.6. The Labute approximate surface area is 406 Å². The Morgan fingerprint density at radius 2 is 0.329 bits per heavy atom. The quantitative estimate of drug-likeness (QED) is 0.0272. The zero-order valence-corrected chi connectivity index (χ0v) is 38.6. The van der Waals surface area contributed by atoms with E-state index in [9.17, 15) is 40.9 Å². The summed E-state index contributed by atoms with van der Waals surface area (Å²) in [4.78, 5) is 0. The van der Waals surface area contributed by atoms with Crippen LogP contribution in [0.4, 0.5) is 0 Å². The number of ether oxygens (including phenoxy) is 6. The second-order valence-corrected chi connectivity index (χ2v) is 16.7. The lowest BCUT2D eigenvalue weighted by molar-refractivity contribution is 0.267. The van der Waals surface area contributed by atoms with Gasteiger partial charge in [-0.1, -0.05) is 48.5 Å². The molecule has 0 spiro atoms. The first kappa shape index (κ1) is 50.9. The van der Waals surface area contributed by atoms with Crippen LogP contribution in [0.2, 0.25) is 0 Å². The predicted octanol–water partition coefficient (Wildman–Crippen LogP) is 7.10. The highest BCUT2D eigenvalue weighted by atomic mass is 16.5. The predicted molar refractivity (Wildman–Crippen MR) is 258 cm³/mol. The third-order valence-corrected chi connectivity index (χ3v) is 11.1. The smallest absolute Gasteiger partial charge is 0.120 e. The molecule has 7 aromatic carbocycles. The molecule has 0 saturated heterocycles. The molecule has 7 rings (SSSR count). The van der Waals surface area contributed by atoms with Crippen LogP contribution in [0.5, 0.6) is 34.5 Å². The van der Waals surface area contributed by atoms with E-state index < -0.39 is 0 Å². The molecule has 0 aliphatic carbocycles. The number of hydrogen-bond acceptors (Lipinski definition) is 14. The molecule has 0 heterocycles. The SMILES string of the molecule is OCc1cc(CO)cc(OCc2cc(COc3cc(CO)cc(CO)c3)cc(OCc3ccc(COc4cc(COc5cc(CO)cc(CO)c5)cc(COc5cc(CO)cc(CO)c5)c4)cc3)c2)c1. The van der Waals surface area contributed by atoms with E-state index in [-0.39, 0.29) is 92.5 Å². The molecule has 70 heavy (non-hydrogen) atoms. The highest BCUT2D eigenvalue weighted by Gasteiger charge is 2.12. The zero-order chi connectivity index (χ0) is 49.2. The van der Waals surface area contributed by atoms with Gasteiger partial charge in [-0.25, -0.2) is 0 Å². The molecule has 366 valence electrons. The molecule has 0 aliphatic rings. The third-order valence-electron chi connectivity index (χ3n) is 11.1. The van der Waals surface area contributed by atoms with Crippen LogP contribution in [0.3, 0.4) is 0 Å². The number of rotatable bonds is 26. The van der Waals surface area contributed by atoms with Crippen molar-refractivity contribution in [2.24, 2.45) is 0 Å². The van der Waals surface area contributed by atoms with Gasteiger partial charge in [0, 0.05) is 0 Å².